The third-order valence-corrected chi connectivity index (χ3v) is 3.47. The van der Waals surface area contributed by atoms with E-state index in [4.69, 9.17) is 0 Å². The van der Waals surface area contributed by atoms with E-state index >= 15 is 0 Å². The Labute approximate surface area is 99.3 Å². The van der Waals surface area contributed by atoms with Crippen molar-refractivity contribution in [1.82, 2.24) is 4.90 Å². The maximum Gasteiger partial charge on any atom is 0.0325 e. The zero-order valence-corrected chi connectivity index (χ0v) is 11.7. The molecule has 1 aromatic heterocycles. The molecule has 0 bridgehead atoms. The van der Waals surface area contributed by atoms with Crippen molar-refractivity contribution in [2.75, 3.05) is 13.6 Å². The summed E-state index contributed by atoms with van der Waals surface area (Å²) in [4.78, 5) is 3.79. The highest BCUT2D eigenvalue weighted by Gasteiger charge is 2.13. The van der Waals surface area contributed by atoms with Crippen LogP contribution in [-0.2, 0) is 6.54 Å². The van der Waals surface area contributed by atoms with Crippen LogP contribution in [0.4, 0.5) is 0 Å². The Morgan fingerprint density at radius 3 is 2.50 bits per heavy atom. The molecule has 3 heteroatoms. The van der Waals surface area contributed by atoms with Crippen molar-refractivity contribution in [3.63, 3.8) is 0 Å². The van der Waals surface area contributed by atoms with Crippen molar-refractivity contribution in [3.8, 4) is 0 Å². The molecule has 0 spiro atoms. The third kappa shape index (κ3) is 4.58. The Morgan fingerprint density at radius 2 is 2.07 bits per heavy atom. The molecule has 0 saturated carbocycles. The Hall–Kier alpha value is 0.140. The minimum atomic E-state index is 0.378. The number of rotatable bonds is 3. The van der Waals surface area contributed by atoms with E-state index in [1.165, 1.54) is 9.35 Å². The van der Waals surface area contributed by atoms with Crippen molar-refractivity contribution >= 4 is 27.3 Å². The molecule has 1 aromatic rings. The molecule has 1 nitrogen and oxygen atoms in total. The average Bonchev–Trinajstić information content (AvgIpc) is 2.30. The van der Waals surface area contributed by atoms with E-state index < -0.39 is 0 Å². The number of hydrogen-bond donors (Lipinski definition) is 0. The van der Waals surface area contributed by atoms with E-state index in [0.717, 1.165) is 13.1 Å². The van der Waals surface area contributed by atoms with Crippen LogP contribution in [-0.4, -0.2) is 18.5 Å². The van der Waals surface area contributed by atoms with Crippen molar-refractivity contribution in [2.45, 2.75) is 27.3 Å². The zero-order valence-electron chi connectivity index (χ0n) is 9.30. The van der Waals surface area contributed by atoms with E-state index in [1.807, 2.05) is 11.3 Å². The van der Waals surface area contributed by atoms with Crippen molar-refractivity contribution in [1.29, 1.82) is 0 Å². The fraction of sp³-hybridized carbons (Fsp3) is 0.636. The van der Waals surface area contributed by atoms with Crippen LogP contribution < -0.4 is 0 Å². The monoisotopic (exact) mass is 275 g/mol. The van der Waals surface area contributed by atoms with Crippen molar-refractivity contribution < 1.29 is 0 Å². The van der Waals surface area contributed by atoms with Gasteiger partial charge in [0.1, 0.15) is 0 Å². The molecule has 0 aliphatic heterocycles. The fourth-order valence-electron chi connectivity index (χ4n) is 1.57. The van der Waals surface area contributed by atoms with Crippen LogP contribution in [0.15, 0.2) is 15.9 Å². The lowest BCUT2D eigenvalue weighted by atomic mass is 9.96. The Bertz CT molecular complexity index is 288. The second-order valence-electron chi connectivity index (χ2n) is 4.96. The van der Waals surface area contributed by atoms with Gasteiger partial charge in [-0.2, -0.15) is 0 Å². The summed E-state index contributed by atoms with van der Waals surface area (Å²) in [6.07, 6.45) is 0. The molecule has 80 valence electrons. The van der Waals surface area contributed by atoms with E-state index in [2.05, 4.69) is 60.1 Å². The van der Waals surface area contributed by atoms with E-state index in [-0.39, 0.29) is 0 Å². The summed E-state index contributed by atoms with van der Waals surface area (Å²) >= 11 is 5.29. The van der Waals surface area contributed by atoms with Gasteiger partial charge in [-0.3, -0.25) is 0 Å². The first-order valence-electron chi connectivity index (χ1n) is 4.78. The fourth-order valence-corrected chi connectivity index (χ4v) is 3.10. The highest BCUT2D eigenvalue weighted by atomic mass is 79.9. The molecule has 0 fully saturated rings. The largest absolute Gasteiger partial charge is 0.301 e. The highest BCUT2D eigenvalue weighted by Crippen LogP contribution is 2.22. The van der Waals surface area contributed by atoms with Crippen molar-refractivity contribution in [3.05, 3.63) is 20.8 Å². The lowest BCUT2D eigenvalue weighted by Crippen LogP contribution is -2.28. The topological polar surface area (TPSA) is 3.24 Å². The van der Waals surface area contributed by atoms with Crippen LogP contribution in [0, 0.1) is 5.41 Å². The maximum atomic E-state index is 3.48. The van der Waals surface area contributed by atoms with Gasteiger partial charge in [0.15, 0.2) is 0 Å². The lowest BCUT2D eigenvalue weighted by Gasteiger charge is -2.25. The summed E-state index contributed by atoms with van der Waals surface area (Å²) in [5.41, 5.74) is 0.378. The van der Waals surface area contributed by atoms with Gasteiger partial charge < -0.3 is 4.90 Å². The van der Waals surface area contributed by atoms with E-state index in [0.29, 0.717) is 5.41 Å². The molecular formula is C11H18BrNS. The van der Waals surface area contributed by atoms with Crippen LogP contribution in [0.2, 0.25) is 0 Å². The second kappa shape index (κ2) is 4.77. The van der Waals surface area contributed by atoms with Crippen molar-refractivity contribution in [2.24, 2.45) is 5.41 Å². The van der Waals surface area contributed by atoms with Gasteiger partial charge in [0.05, 0.1) is 0 Å². The Morgan fingerprint density at radius 1 is 1.43 bits per heavy atom. The number of thiophene rings is 1. The number of halogens is 1. The van der Waals surface area contributed by atoms with Gasteiger partial charge in [-0.25, -0.2) is 0 Å². The van der Waals surface area contributed by atoms with Crippen LogP contribution >= 0.6 is 27.3 Å². The van der Waals surface area contributed by atoms with Gasteiger partial charge in [-0.1, -0.05) is 20.8 Å². The molecule has 0 saturated heterocycles. The minimum Gasteiger partial charge on any atom is -0.301 e. The molecule has 14 heavy (non-hydrogen) atoms. The second-order valence-corrected chi connectivity index (χ2v) is 6.88. The first kappa shape index (κ1) is 12.2. The third-order valence-electron chi connectivity index (χ3n) is 1.79. The van der Waals surface area contributed by atoms with Crippen LogP contribution in [0.1, 0.15) is 25.6 Å². The molecule has 1 heterocycles. The minimum absolute atomic E-state index is 0.378. The standard InChI is InChI=1S/C11H18BrNS/c1-11(2,3)8-13(4)6-10-5-9(12)7-14-10/h5,7H,6,8H2,1-4H3. The molecule has 0 aliphatic rings. The summed E-state index contributed by atoms with van der Waals surface area (Å²) in [6.45, 7) is 8.99. The van der Waals surface area contributed by atoms with E-state index in [1.54, 1.807) is 0 Å². The summed E-state index contributed by atoms with van der Waals surface area (Å²) in [5, 5.41) is 2.14. The van der Waals surface area contributed by atoms with E-state index in [9.17, 15) is 0 Å². The van der Waals surface area contributed by atoms with Gasteiger partial charge in [-0.05, 0) is 34.5 Å². The average molecular weight is 276 g/mol. The highest BCUT2D eigenvalue weighted by molar-refractivity contribution is 9.10. The lowest BCUT2D eigenvalue weighted by molar-refractivity contribution is 0.222. The van der Waals surface area contributed by atoms with Gasteiger partial charge in [-0.15, -0.1) is 11.3 Å². The smallest absolute Gasteiger partial charge is 0.0325 e. The summed E-state index contributed by atoms with van der Waals surface area (Å²) in [5.74, 6) is 0. The molecule has 0 aliphatic carbocycles. The Kier molecular flexibility index (Phi) is 4.16. The Balaban J connectivity index is 2.45. The number of nitrogens with zero attached hydrogens (tertiary/aromatic N) is 1. The zero-order chi connectivity index (χ0) is 10.8. The van der Waals surface area contributed by atoms with Crippen LogP contribution in [0.25, 0.3) is 0 Å². The molecule has 0 atom stereocenters. The molecule has 1 rings (SSSR count). The SMILES string of the molecule is CN(Cc1cc(Br)cs1)CC(C)(C)C. The molecule has 0 unspecified atom stereocenters. The molecule has 0 aromatic carbocycles. The first-order chi connectivity index (χ1) is 6.37. The van der Waals surface area contributed by atoms with Crippen LogP contribution in [0.5, 0.6) is 0 Å². The predicted octanol–water partition coefficient (Wildman–Crippen LogP) is 3.99. The molecule has 0 N–H and O–H groups in total. The normalized spacial score (nSPS) is 12.4. The van der Waals surface area contributed by atoms with Gasteiger partial charge in [0, 0.05) is 27.8 Å². The summed E-state index contributed by atoms with van der Waals surface area (Å²) in [6, 6.07) is 2.20. The molecule has 0 amide bonds. The number of hydrogen-bond acceptors (Lipinski definition) is 2. The summed E-state index contributed by atoms with van der Waals surface area (Å²) in [7, 11) is 2.18. The summed E-state index contributed by atoms with van der Waals surface area (Å²) < 4.78 is 1.20. The molecule has 0 radical (unpaired) electrons. The predicted molar refractivity (Wildman–Crippen MR) is 67.8 cm³/mol. The van der Waals surface area contributed by atoms with Gasteiger partial charge in [0.2, 0.25) is 0 Å². The first-order valence-corrected chi connectivity index (χ1v) is 6.45. The maximum absolute atomic E-state index is 3.48. The van der Waals surface area contributed by atoms with Crippen LogP contribution in [0.3, 0.4) is 0 Å². The quantitative estimate of drug-likeness (QED) is 0.807. The van der Waals surface area contributed by atoms with Gasteiger partial charge >= 0.3 is 0 Å². The van der Waals surface area contributed by atoms with Gasteiger partial charge in [0.25, 0.3) is 0 Å². The molecular weight excluding hydrogens is 258 g/mol.